The van der Waals surface area contributed by atoms with Crippen molar-refractivity contribution in [1.82, 2.24) is 0 Å². The molecule has 0 N–H and O–H groups in total. The van der Waals surface area contributed by atoms with Crippen LogP contribution >= 0.6 is 11.6 Å². The van der Waals surface area contributed by atoms with Crippen LogP contribution in [0.4, 0.5) is 0 Å². The van der Waals surface area contributed by atoms with Gasteiger partial charge in [0.05, 0.1) is 12.1 Å². The number of hydrogen-bond acceptors (Lipinski definition) is 5. The molecule has 0 fully saturated rings. The number of carbonyl (C=O) groups is 1. The summed E-state index contributed by atoms with van der Waals surface area (Å²) in [7, 11) is 1.56. The van der Waals surface area contributed by atoms with Crippen LogP contribution < -0.4 is 15.1 Å². The summed E-state index contributed by atoms with van der Waals surface area (Å²) >= 11 is 6.46. The van der Waals surface area contributed by atoms with Crippen LogP contribution in [0.2, 0.25) is 5.02 Å². The van der Waals surface area contributed by atoms with E-state index in [1.54, 1.807) is 50.4 Å². The molecule has 3 aromatic carbocycles. The first-order valence-corrected chi connectivity index (χ1v) is 10.0. The van der Waals surface area contributed by atoms with Gasteiger partial charge >= 0.3 is 5.63 Å². The van der Waals surface area contributed by atoms with Crippen molar-refractivity contribution < 1.29 is 18.7 Å². The summed E-state index contributed by atoms with van der Waals surface area (Å²) in [6.45, 7) is 1.64. The van der Waals surface area contributed by atoms with Crippen LogP contribution in [0.5, 0.6) is 11.5 Å². The minimum atomic E-state index is -0.799. The molecule has 4 aromatic rings. The predicted molar refractivity (Wildman–Crippen MR) is 120 cm³/mol. The summed E-state index contributed by atoms with van der Waals surface area (Å²) in [6, 6.07) is 20.9. The van der Waals surface area contributed by atoms with Crippen LogP contribution in [0, 0.1) is 0 Å². The van der Waals surface area contributed by atoms with E-state index in [9.17, 15) is 9.59 Å². The highest BCUT2D eigenvalue weighted by molar-refractivity contribution is 6.33. The maximum atomic E-state index is 12.7. The largest absolute Gasteiger partial charge is 0.497 e. The Bertz CT molecular complexity index is 1290. The lowest BCUT2D eigenvalue weighted by atomic mass is 10.0. The van der Waals surface area contributed by atoms with Gasteiger partial charge in [-0.25, -0.2) is 4.79 Å². The molecule has 5 nitrogen and oxygen atoms in total. The van der Waals surface area contributed by atoms with Crippen LogP contribution in [0.15, 0.2) is 82.0 Å². The van der Waals surface area contributed by atoms with Crippen LogP contribution in [0.25, 0.3) is 22.1 Å². The van der Waals surface area contributed by atoms with Gasteiger partial charge in [0, 0.05) is 23.1 Å². The van der Waals surface area contributed by atoms with E-state index in [2.05, 4.69) is 0 Å². The quantitative estimate of drug-likeness (QED) is 0.284. The minimum Gasteiger partial charge on any atom is -0.497 e. The molecule has 0 spiro atoms. The zero-order chi connectivity index (χ0) is 22.0. The maximum Gasteiger partial charge on any atom is 0.336 e. The molecule has 0 radical (unpaired) electrons. The fourth-order valence-corrected chi connectivity index (χ4v) is 3.55. The Morgan fingerprint density at radius 2 is 1.71 bits per heavy atom. The number of rotatable bonds is 6. The van der Waals surface area contributed by atoms with Gasteiger partial charge in [-0.3, -0.25) is 4.79 Å². The molecule has 0 bridgehead atoms. The molecule has 0 saturated carbocycles. The molecule has 0 saturated heterocycles. The zero-order valence-electron chi connectivity index (χ0n) is 16.9. The highest BCUT2D eigenvalue weighted by Gasteiger charge is 2.20. The topological polar surface area (TPSA) is 65.7 Å². The Morgan fingerprint density at radius 3 is 2.39 bits per heavy atom. The summed E-state index contributed by atoms with van der Waals surface area (Å²) in [5.74, 6) is 0.710. The monoisotopic (exact) mass is 434 g/mol. The molecule has 6 heteroatoms. The van der Waals surface area contributed by atoms with Crippen molar-refractivity contribution in [3.8, 4) is 22.6 Å². The van der Waals surface area contributed by atoms with Gasteiger partial charge in [-0.05, 0) is 48.4 Å². The smallest absolute Gasteiger partial charge is 0.336 e. The van der Waals surface area contributed by atoms with Gasteiger partial charge in [-0.2, -0.15) is 0 Å². The molecule has 31 heavy (non-hydrogen) atoms. The highest BCUT2D eigenvalue weighted by atomic mass is 35.5. The number of methoxy groups -OCH3 is 1. The Kier molecular flexibility index (Phi) is 5.78. The van der Waals surface area contributed by atoms with E-state index in [4.69, 9.17) is 25.5 Å². The van der Waals surface area contributed by atoms with Crippen LogP contribution in [-0.2, 0) is 0 Å². The summed E-state index contributed by atoms with van der Waals surface area (Å²) in [5.41, 5.74) is 1.91. The molecule has 1 heterocycles. The summed E-state index contributed by atoms with van der Waals surface area (Å²) in [4.78, 5) is 24.9. The van der Waals surface area contributed by atoms with Crippen LogP contribution in [-0.4, -0.2) is 19.0 Å². The summed E-state index contributed by atoms with van der Waals surface area (Å²) < 4.78 is 16.3. The van der Waals surface area contributed by atoms with Crippen molar-refractivity contribution in [2.45, 2.75) is 13.0 Å². The lowest BCUT2D eigenvalue weighted by Crippen LogP contribution is -2.24. The number of ether oxygens (including phenoxy) is 2. The number of benzene rings is 3. The van der Waals surface area contributed by atoms with Gasteiger partial charge in [0.2, 0.25) is 5.78 Å². The van der Waals surface area contributed by atoms with Gasteiger partial charge in [-0.15, -0.1) is 0 Å². The second-order valence-corrected chi connectivity index (χ2v) is 7.38. The fraction of sp³-hybridized carbons (Fsp3) is 0.120. The molecule has 0 aliphatic rings. The average Bonchev–Trinajstić information content (AvgIpc) is 2.79. The van der Waals surface area contributed by atoms with Crippen molar-refractivity contribution in [3.63, 3.8) is 0 Å². The zero-order valence-corrected chi connectivity index (χ0v) is 17.7. The third-order valence-electron chi connectivity index (χ3n) is 4.93. The molecular formula is C25H19ClO5. The van der Waals surface area contributed by atoms with E-state index < -0.39 is 11.7 Å². The first kappa shape index (κ1) is 20.7. The molecular weight excluding hydrogens is 416 g/mol. The third-order valence-corrected chi connectivity index (χ3v) is 5.22. The SMILES string of the molecule is COc1ccc(C(=O)C(C)Oc2cc3oc(=O)cc(-c4ccccc4)c3cc2Cl)cc1. The van der Waals surface area contributed by atoms with E-state index in [0.717, 1.165) is 5.56 Å². The number of Topliss-reactive ketones (excluding diaryl/α,β-unsaturated/α-hetero) is 1. The van der Waals surface area contributed by atoms with Crippen molar-refractivity contribution in [3.05, 3.63) is 93.8 Å². The van der Waals surface area contributed by atoms with E-state index >= 15 is 0 Å². The Hall–Kier alpha value is -3.57. The Morgan fingerprint density at radius 1 is 1.00 bits per heavy atom. The standard InChI is InChI=1S/C25H19ClO5/c1-15(25(28)17-8-10-18(29-2)11-9-17)30-23-14-22-20(12-21(23)26)19(13-24(27)31-22)16-6-4-3-5-7-16/h3-15H,1-2H3. The summed E-state index contributed by atoms with van der Waals surface area (Å²) in [5, 5.41) is 0.991. The highest BCUT2D eigenvalue weighted by Crippen LogP contribution is 2.35. The van der Waals surface area contributed by atoms with Crippen molar-refractivity contribution in [2.75, 3.05) is 7.11 Å². The molecule has 156 valence electrons. The maximum absolute atomic E-state index is 12.7. The number of halogens is 1. The molecule has 1 aromatic heterocycles. The van der Waals surface area contributed by atoms with E-state index in [1.807, 2.05) is 30.3 Å². The Balaban J connectivity index is 1.67. The van der Waals surface area contributed by atoms with E-state index in [0.29, 0.717) is 32.9 Å². The van der Waals surface area contributed by atoms with Crippen molar-refractivity contribution in [1.29, 1.82) is 0 Å². The molecule has 0 amide bonds. The van der Waals surface area contributed by atoms with Gasteiger partial charge in [0.25, 0.3) is 0 Å². The normalized spacial score (nSPS) is 11.8. The van der Waals surface area contributed by atoms with Gasteiger partial charge in [0.1, 0.15) is 17.1 Å². The number of hydrogen-bond donors (Lipinski definition) is 0. The Labute approximate surface area is 183 Å². The minimum absolute atomic E-state index is 0.210. The van der Waals surface area contributed by atoms with Crippen molar-refractivity contribution in [2.24, 2.45) is 0 Å². The number of carbonyl (C=O) groups excluding carboxylic acids is 1. The lowest BCUT2D eigenvalue weighted by molar-refractivity contribution is 0.0818. The van der Waals surface area contributed by atoms with Gasteiger partial charge in [-0.1, -0.05) is 41.9 Å². The fourth-order valence-electron chi connectivity index (χ4n) is 3.34. The molecule has 0 aliphatic heterocycles. The molecule has 1 atom stereocenters. The van der Waals surface area contributed by atoms with E-state index in [-0.39, 0.29) is 11.5 Å². The third kappa shape index (κ3) is 4.32. The van der Waals surface area contributed by atoms with Crippen LogP contribution in [0.3, 0.4) is 0 Å². The summed E-state index contributed by atoms with van der Waals surface area (Å²) in [6.07, 6.45) is -0.799. The molecule has 0 aliphatic carbocycles. The van der Waals surface area contributed by atoms with Crippen molar-refractivity contribution >= 4 is 28.4 Å². The number of ketones is 1. The predicted octanol–water partition coefficient (Wildman–Crippen LogP) is 5.77. The first-order valence-electron chi connectivity index (χ1n) is 9.64. The van der Waals surface area contributed by atoms with Gasteiger partial charge in [0.15, 0.2) is 6.10 Å². The second kappa shape index (κ2) is 8.66. The number of fused-ring (bicyclic) bond motifs is 1. The average molecular weight is 435 g/mol. The lowest BCUT2D eigenvalue weighted by Gasteiger charge is -2.16. The van der Waals surface area contributed by atoms with E-state index in [1.165, 1.54) is 6.07 Å². The second-order valence-electron chi connectivity index (χ2n) is 6.98. The first-order chi connectivity index (χ1) is 15.0. The van der Waals surface area contributed by atoms with Crippen LogP contribution in [0.1, 0.15) is 17.3 Å². The molecule has 1 unspecified atom stereocenters. The molecule has 4 rings (SSSR count). The van der Waals surface area contributed by atoms with Gasteiger partial charge < -0.3 is 13.9 Å².